The van der Waals surface area contributed by atoms with Crippen LogP contribution in [-0.2, 0) is 13.6 Å². The Morgan fingerprint density at radius 1 is 1.37 bits per heavy atom. The lowest BCUT2D eigenvalue weighted by Crippen LogP contribution is -2.43. The molecular formula is C18H24ClFN6O. The van der Waals surface area contributed by atoms with E-state index >= 15 is 0 Å². The van der Waals surface area contributed by atoms with Crippen LogP contribution in [0, 0.1) is 5.82 Å². The van der Waals surface area contributed by atoms with Crippen LogP contribution >= 0.6 is 11.6 Å². The van der Waals surface area contributed by atoms with Gasteiger partial charge < -0.3 is 16.4 Å². The zero-order valence-electron chi connectivity index (χ0n) is 15.4. The molecule has 0 spiro atoms. The highest BCUT2D eigenvalue weighted by Crippen LogP contribution is 2.33. The molecule has 2 aromatic heterocycles. The van der Waals surface area contributed by atoms with Crippen molar-refractivity contribution in [3.8, 4) is 11.3 Å². The summed E-state index contributed by atoms with van der Waals surface area (Å²) in [6.45, 7) is 0.168. The molecule has 2 atom stereocenters. The average Bonchev–Trinajstić information content (AvgIpc) is 3.27. The lowest BCUT2D eigenvalue weighted by molar-refractivity contribution is 0.0966. The highest BCUT2D eigenvalue weighted by Gasteiger charge is 2.32. The smallest absolute Gasteiger partial charge is 0.254 e. The number of anilines is 1. The Hall–Kier alpha value is -2.19. The normalized spacial score (nSPS) is 21.1. The molecule has 1 aliphatic carbocycles. The van der Waals surface area contributed by atoms with Crippen LogP contribution < -0.4 is 16.4 Å². The van der Waals surface area contributed by atoms with Crippen molar-refractivity contribution in [3.63, 3.8) is 0 Å². The van der Waals surface area contributed by atoms with Crippen LogP contribution in [0.25, 0.3) is 11.3 Å². The van der Waals surface area contributed by atoms with E-state index in [1.165, 1.54) is 6.38 Å². The van der Waals surface area contributed by atoms with Crippen LogP contribution in [0.15, 0.2) is 12.4 Å². The van der Waals surface area contributed by atoms with E-state index in [0.717, 1.165) is 25.7 Å². The summed E-state index contributed by atoms with van der Waals surface area (Å²) in [7, 11) is 1.79. The zero-order chi connectivity index (χ0) is 19.6. The third kappa shape index (κ3) is 3.77. The number of nitrogens with two attached hydrogens (primary N) is 1. The lowest BCUT2D eigenvalue weighted by Gasteiger charge is -2.30. The summed E-state index contributed by atoms with van der Waals surface area (Å²) in [6.07, 6.45) is 8.83. The summed E-state index contributed by atoms with van der Waals surface area (Å²) in [4.78, 5) is 16.6. The van der Waals surface area contributed by atoms with Crippen molar-refractivity contribution in [2.24, 2.45) is 12.8 Å². The molecule has 0 saturated heterocycles. The number of hydrogen-bond donors (Lipinski definition) is 3. The molecule has 0 aromatic carbocycles. The van der Waals surface area contributed by atoms with Crippen LogP contribution in [0.4, 0.5) is 10.2 Å². The average molecular weight is 395 g/mol. The van der Waals surface area contributed by atoms with Gasteiger partial charge in [-0.1, -0.05) is 12.8 Å². The summed E-state index contributed by atoms with van der Waals surface area (Å²) >= 11 is 4.64. The highest BCUT2D eigenvalue weighted by atomic mass is 35.5. The van der Waals surface area contributed by atoms with E-state index in [1.807, 2.05) is 0 Å². The SMILES string of the molecule is CCl.Cn1cc(-c2nc(N[C@@H]3CCCC[C@@H]3N)c(F)c3c2C(=O)NC3)cn1. The number of hydrogen-bond acceptors (Lipinski definition) is 5. The molecule has 1 aliphatic heterocycles. The van der Waals surface area contributed by atoms with E-state index in [2.05, 4.69) is 32.3 Å². The van der Waals surface area contributed by atoms with Gasteiger partial charge in [-0.3, -0.25) is 9.48 Å². The minimum atomic E-state index is -0.473. The molecule has 0 radical (unpaired) electrons. The van der Waals surface area contributed by atoms with E-state index in [9.17, 15) is 9.18 Å². The van der Waals surface area contributed by atoms with E-state index in [4.69, 9.17) is 5.73 Å². The summed E-state index contributed by atoms with van der Waals surface area (Å²) in [5, 5.41) is 10.0. The molecule has 4 rings (SSSR count). The predicted octanol–water partition coefficient (Wildman–Crippen LogP) is 2.40. The highest BCUT2D eigenvalue weighted by molar-refractivity contribution is 6.15. The first-order valence-corrected chi connectivity index (χ1v) is 9.69. The summed E-state index contributed by atoms with van der Waals surface area (Å²) in [5.74, 6) is -0.614. The summed E-state index contributed by atoms with van der Waals surface area (Å²) in [6, 6.07) is -0.0367. The van der Waals surface area contributed by atoms with E-state index in [0.29, 0.717) is 22.4 Å². The number of amides is 1. The Kier molecular flexibility index (Phi) is 5.96. The van der Waals surface area contributed by atoms with Gasteiger partial charge in [-0.05, 0) is 12.8 Å². The van der Waals surface area contributed by atoms with Gasteiger partial charge in [0, 0.05) is 49.4 Å². The fourth-order valence-corrected chi connectivity index (χ4v) is 3.64. The second kappa shape index (κ2) is 8.22. The third-order valence-corrected chi connectivity index (χ3v) is 5.01. The van der Waals surface area contributed by atoms with E-state index in [1.54, 1.807) is 24.1 Å². The van der Waals surface area contributed by atoms with Gasteiger partial charge in [-0.15, -0.1) is 11.6 Å². The van der Waals surface area contributed by atoms with Crippen molar-refractivity contribution in [2.75, 3.05) is 11.7 Å². The number of nitrogens with one attached hydrogen (secondary N) is 2. The molecule has 1 saturated carbocycles. The lowest BCUT2D eigenvalue weighted by atomic mass is 9.91. The number of aryl methyl sites for hydroxylation is 1. The second-order valence-electron chi connectivity index (χ2n) is 6.76. The minimum absolute atomic E-state index is 0.0133. The van der Waals surface area contributed by atoms with Crippen molar-refractivity contribution in [1.29, 1.82) is 0 Å². The van der Waals surface area contributed by atoms with Gasteiger partial charge >= 0.3 is 0 Å². The van der Waals surface area contributed by atoms with Gasteiger partial charge in [-0.2, -0.15) is 5.10 Å². The fourth-order valence-electron chi connectivity index (χ4n) is 3.64. The quantitative estimate of drug-likeness (QED) is 0.694. The van der Waals surface area contributed by atoms with Gasteiger partial charge in [0.05, 0.1) is 17.5 Å². The van der Waals surface area contributed by atoms with Crippen LogP contribution in [0.5, 0.6) is 0 Å². The summed E-state index contributed by atoms with van der Waals surface area (Å²) < 4.78 is 16.6. The van der Waals surface area contributed by atoms with Gasteiger partial charge in [-0.25, -0.2) is 9.37 Å². The molecule has 0 bridgehead atoms. The minimum Gasteiger partial charge on any atom is -0.363 e. The Morgan fingerprint density at radius 3 is 2.78 bits per heavy atom. The Morgan fingerprint density at radius 2 is 2.11 bits per heavy atom. The molecule has 2 aliphatic rings. The zero-order valence-corrected chi connectivity index (χ0v) is 16.2. The Bertz CT molecular complexity index is 839. The number of carbonyl (C=O) groups excluding carboxylic acids is 1. The largest absolute Gasteiger partial charge is 0.363 e. The first-order valence-electron chi connectivity index (χ1n) is 8.94. The van der Waals surface area contributed by atoms with Crippen LogP contribution in [0.1, 0.15) is 41.6 Å². The number of fused-ring (bicyclic) bond motifs is 1. The maximum atomic E-state index is 15.0. The number of alkyl halides is 1. The van der Waals surface area contributed by atoms with Crippen LogP contribution in [0.2, 0.25) is 0 Å². The first-order chi connectivity index (χ1) is 13.0. The molecule has 146 valence electrons. The van der Waals surface area contributed by atoms with E-state index in [-0.39, 0.29) is 30.4 Å². The van der Waals surface area contributed by atoms with Crippen LogP contribution in [-0.4, -0.2) is 39.1 Å². The predicted molar refractivity (Wildman–Crippen MR) is 103 cm³/mol. The fraction of sp³-hybridized carbons (Fsp3) is 0.500. The standard InChI is InChI=1S/C17H21FN6O.CH3Cl/c1-24-8-9(6-21-24)15-13-10(7-20-17(13)25)14(18)16(23-15)22-12-5-3-2-4-11(12)19;1-2/h6,8,11-12H,2-5,7,19H2,1H3,(H,20,25)(H,22,23);1H3/t11-,12+;/m0./s1. The number of aromatic nitrogens is 3. The van der Waals surface area contributed by atoms with Crippen molar-refractivity contribution in [2.45, 2.75) is 44.3 Å². The number of rotatable bonds is 3. The summed E-state index contributed by atoms with van der Waals surface area (Å²) in [5.41, 5.74) is 7.96. The van der Waals surface area contributed by atoms with Gasteiger partial charge in [0.2, 0.25) is 0 Å². The van der Waals surface area contributed by atoms with Gasteiger partial charge in [0.25, 0.3) is 5.91 Å². The van der Waals surface area contributed by atoms with Crippen molar-refractivity contribution in [3.05, 3.63) is 29.3 Å². The van der Waals surface area contributed by atoms with Gasteiger partial charge in [0.1, 0.15) is 0 Å². The number of nitrogens with zero attached hydrogens (tertiary/aromatic N) is 3. The molecule has 3 heterocycles. The van der Waals surface area contributed by atoms with Gasteiger partial charge in [0.15, 0.2) is 11.6 Å². The third-order valence-electron chi connectivity index (χ3n) is 5.01. The molecule has 9 heteroatoms. The Labute approximate surface area is 162 Å². The molecular weight excluding hydrogens is 371 g/mol. The first kappa shape index (κ1) is 19.6. The number of carbonyl (C=O) groups is 1. The molecule has 4 N–H and O–H groups in total. The molecule has 27 heavy (non-hydrogen) atoms. The van der Waals surface area contributed by atoms with Crippen molar-refractivity contribution in [1.82, 2.24) is 20.1 Å². The van der Waals surface area contributed by atoms with Crippen molar-refractivity contribution < 1.29 is 9.18 Å². The molecule has 1 amide bonds. The molecule has 0 unspecified atom stereocenters. The molecule has 2 aromatic rings. The molecule has 1 fully saturated rings. The maximum absolute atomic E-state index is 15.0. The van der Waals surface area contributed by atoms with E-state index < -0.39 is 5.82 Å². The number of halogens is 2. The monoisotopic (exact) mass is 394 g/mol. The number of pyridine rings is 1. The maximum Gasteiger partial charge on any atom is 0.254 e. The van der Waals surface area contributed by atoms with Crippen LogP contribution in [0.3, 0.4) is 0 Å². The molecule has 7 nitrogen and oxygen atoms in total. The van der Waals surface area contributed by atoms with Crippen molar-refractivity contribution >= 4 is 23.3 Å². The second-order valence-corrected chi connectivity index (χ2v) is 6.76. The topological polar surface area (TPSA) is 97.9 Å². The Balaban J connectivity index is 0.00000102.